The van der Waals surface area contributed by atoms with Gasteiger partial charge >= 0.3 is 6.18 Å². The lowest BCUT2D eigenvalue weighted by molar-refractivity contribution is -0.137. The fourth-order valence-corrected chi connectivity index (χ4v) is 3.87. The largest absolute Gasteiger partial charge is 0.507 e. The van der Waals surface area contributed by atoms with Gasteiger partial charge in [0, 0.05) is 11.3 Å². The van der Waals surface area contributed by atoms with Gasteiger partial charge in [-0.1, -0.05) is 60.7 Å². The number of carbonyl (C=O) groups is 2. The maximum atomic E-state index is 13.3. The van der Waals surface area contributed by atoms with Crippen molar-refractivity contribution in [2.75, 3.05) is 4.90 Å². The number of halogens is 3. The molecule has 1 heterocycles. The van der Waals surface area contributed by atoms with Crippen LogP contribution in [-0.2, 0) is 15.8 Å². The minimum absolute atomic E-state index is 0.0812. The maximum Gasteiger partial charge on any atom is 0.416 e. The molecule has 7 heteroatoms. The molecule has 0 saturated carbocycles. The fraction of sp³-hybridized carbons (Fsp3) is 0.120. The summed E-state index contributed by atoms with van der Waals surface area (Å²) in [5.41, 5.74) is 0.378. The number of hydrogen-bond acceptors (Lipinski definition) is 3. The number of ketones is 1. The van der Waals surface area contributed by atoms with Crippen molar-refractivity contribution < 1.29 is 27.9 Å². The second kappa shape index (κ2) is 8.00. The SMILES string of the molecule is Cc1ccccc1C1/C(=C(\O)c2ccccc2)C(=O)C(=O)N1c1cccc(C(F)(F)F)c1. The third-order valence-electron chi connectivity index (χ3n) is 5.43. The van der Waals surface area contributed by atoms with Crippen LogP contribution in [0.25, 0.3) is 5.76 Å². The normalized spacial score (nSPS) is 18.2. The number of anilines is 1. The molecule has 4 nitrogen and oxygen atoms in total. The van der Waals surface area contributed by atoms with Crippen molar-refractivity contribution in [3.8, 4) is 0 Å². The van der Waals surface area contributed by atoms with Gasteiger partial charge in [0.15, 0.2) is 0 Å². The number of carbonyl (C=O) groups excluding carboxylic acids is 2. The molecule has 4 rings (SSSR count). The third-order valence-corrected chi connectivity index (χ3v) is 5.43. The number of benzene rings is 3. The summed E-state index contributed by atoms with van der Waals surface area (Å²) in [4.78, 5) is 27.1. The van der Waals surface area contributed by atoms with E-state index in [1.807, 2.05) is 0 Å². The van der Waals surface area contributed by atoms with Crippen LogP contribution in [0.15, 0.2) is 84.4 Å². The van der Waals surface area contributed by atoms with Gasteiger partial charge < -0.3 is 5.11 Å². The van der Waals surface area contributed by atoms with E-state index in [9.17, 15) is 27.9 Å². The Hall–Kier alpha value is -3.87. The van der Waals surface area contributed by atoms with Crippen molar-refractivity contribution in [2.45, 2.75) is 19.1 Å². The van der Waals surface area contributed by atoms with Gasteiger partial charge in [-0.15, -0.1) is 0 Å². The molecule has 0 aromatic heterocycles. The molecule has 1 atom stereocenters. The van der Waals surface area contributed by atoms with E-state index in [2.05, 4.69) is 0 Å². The van der Waals surface area contributed by atoms with Crippen LogP contribution < -0.4 is 4.90 Å². The summed E-state index contributed by atoms with van der Waals surface area (Å²) in [6.45, 7) is 1.77. The molecule has 1 amide bonds. The minimum atomic E-state index is -4.62. The van der Waals surface area contributed by atoms with E-state index >= 15 is 0 Å². The second-order valence-corrected chi connectivity index (χ2v) is 7.44. The highest BCUT2D eigenvalue weighted by Crippen LogP contribution is 2.44. The second-order valence-electron chi connectivity index (χ2n) is 7.44. The summed E-state index contributed by atoms with van der Waals surface area (Å²) in [6, 6.07) is 18.3. The zero-order valence-electron chi connectivity index (χ0n) is 16.9. The zero-order valence-corrected chi connectivity index (χ0v) is 16.9. The molecular weight excluding hydrogens is 419 g/mol. The quantitative estimate of drug-likeness (QED) is 0.328. The van der Waals surface area contributed by atoms with Crippen LogP contribution in [-0.4, -0.2) is 16.8 Å². The van der Waals surface area contributed by atoms with Crippen molar-refractivity contribution in [3.63, 3.8) is 0 Å². The predicted molar refractivity (Wildman–Crippen MR) is 114 cm³/mol. The monoisotopic (exact) mass is 437 g/mol. The molecular formula is C25H18F3NO3. The van der Waals surface area contributed by atoms with Crippen LogP contribution in [0.4, 0.5) is 18.9 Å². The molecule has 0 radical (unpaired) electrons. The fourth-order valence-electron chi connectivity index (χ4n) is 3.87. The number of aliphatic hydroxyl groups is 1. The van der Waals surface area contributed by atoms with Crippen molar-refractivity contribution in [3.05, 3.63) is 107 Å². The van der Waals surface area contributed by atoms with Crippen LogP contribution >= 0.6 is 0 Å². The Balaban J connectivity index is 1.97. The number of Topliss-reactive ketones (excluding diaryl/α,β-unsaturated/α-hetero) is 1. The predicted octanol–water partition coefficient (Wildman–Crippen LogP) is 5.64. The van der Waals surface area contributed by atoms with Crippen LogP contribution in [0.2, 0.25) is 0 Å². The molecule has 32 heavy (non-hydrogen) atoms. The molecule has 3 aromatic carbocycles. The molecule has 1 aliphatic rings. The van der Waals surface area contributed by atoms with Gasteiger partial charge in [-0.25, -0.2) is 0 Å². The first kappa shape index (κ1) is 21.4. The van der Waals surface area contributed by atoms with Gasteiger partial charge in [0.2, 0.25) is 0 Å². The summed E-state index contributed by atoms with van der Waals surface area (Å²) in [5, 5.41) is 11.0. The van der Waals surface area contributed by atoms with Crippen molar-refractivity contribution >= 4 is 23.1 Å². The third kappa shape index (κ3) is 3.66. The summed E-state index contributed by atoms with van der Waals surface area (Å²) in [7, 11) is 0. The highest BCUT2D eigenvalue weighted by atomic mass is 19.4. The Morgan fingerprint density at radius 2 is 1.56 bits per heavy atom. The molecule has 1 unspecified atom stereocenters. The van der Waals surface area contributed by atoms with Gasteiger partial charge in [0.05, 0.1) is 17.2 Å². The van der Waals surface area contributed by atoms with E-state index in [-0.39, 0.29) is 17.0 Å². The lowest BCUT2D eigenvalue weighted by Gasteiger charge is -2.27. The molecule has 0 bridgehead atoms. The van der Waals surface area contributed by atoms with E-state index in [4.69, 9.17) is 0 Å². The minimum Gasteiger partial charge on any atom is -0.507 e. The maximum absolute atomic E-state index is 13.3. The first-order valence-corrected chi connectivity index (χ1v) is 9.79. The van der Waals surface area contributed by atoms with Crippen molar-refractivity contribution in [1.29, 1.82) is 0 Å². The Kier molecular flexibility index (Phi) is 5.34. The number of rotatable bonds is 3. The molecule has 162 valence electrons. The van der Waals surface area contributed by atoms with Crippen LogP contribution in [0.3, 0.4) is 0 Å². The van der Waals surface area contributed by atoms with Gasteiger partial charge in [0.25, 0.3) is 11.7 Å². The van der Waals surface area contributed by atoms with E-state index in [0.29, 0.717) is 11.1 Å². The number of aliphatic hydroxyl groups excluding tert-OH is 1. The zero-order chi connectivity index (χ0) is 23.0. The Morgan fingerprint density at radius 3 is 2.22 bits per heavy atom. The van der Waals surface area contributed by atoms with Crippen molar-refractivity contribution in [2.24, 2.45) is 0 Å². The number of alkyl halides is 3. The van der Waals surface area contributed by atoms with Crippen LogP contribution in [0.5, 0.6) is 0 Å². The van der Waals surface area contributed by atoms with Gasteiger partial charge in [-0.3, -0.25) is 14.5 Å². The van der Waals surface area contributed by atoms with E-state index < -0.39 is 29.5 Å². The Bertz CT molecular complexity index is 1230. The Morgan fingerprint density at radius 1 is 0.906 bits per heavy atom. The molecule has 0 aliphatic carbocycles. The van der Waals surface area contributed by atoms with Crippen molar-refractivity contribution in [1.82, 2.24) is 0 Å². The van der Waals surface area contributed by atoms with Gasteiger partial charge in [0.1, 0.15) is 5.76 Å². The summed E-state index contributed by atoms with van der Waals surface area (Å²) in [6.07, 6.45) is -4.62. The first-order valence-electron chi connectivity index (χ1n) is 9.79. The molecule has 1 saturated heterocycles. The van der Waals surface area contributed by atoms with E-state index in [1.54, 1.807) is 61.5 Å². The molecule has 0 spiro atoms. The molecule has 1 N–H and O–H groups in total. The molecule has 3 aromatic rings. The number of hydrogen-bond donors (Lipinski definition) is 1. The van der Waals surface area contributed by atoms with Crippen LogP contribution in [0, 0.1) is 6.92 Å². The smallest absolute Gasteiger partial charge is 0.416 e. The van der Waals surface area contributed by atoms with Gasteiger partial charge in [-0.2, -0.15) is 13.2 Å². The average Bonchev–Trinajstić information content (AvgIpc) is 3.04. The molecule has 1 fully saturated rings. The topological polar surface area (TPSA) is 57.6 Å². The van der Waals surface area contributed by atoms with Gasteiger partial charge in [-0.05, 0) is 36.2 Å². The number of nitrogens with zero attached hydrogens (tertiary/aromatic N) is 1. The number of amides is 1. The lowest BCUT2D eigenvalue weighted by Crippen LogP contribution is -2.30. The highest BCUT2D eigenvalue weighted by molar-refractivity contribution is 6.51. The van der Waals surface area contributed by atoms with E-state index in [0.717, 1.165) is 22.6 Å². The van der Waals surface area contributed by atoms with Crippen LogP contribution in [0.1, 0.15) is 28.3 Å². The average molecular weight is 437 g/mol. The highest BCUT2D eigenvalue weighted by Gasteiger charge is 2.47. The summed E-state index contributed by atoms with van der Waals surface area (Å²) < 4.78 is 40.0. The van der Waals surface area contributed by atoms with E-state index in [1.165, 1.54) is 12.1 Å². The summed E-state index contributed by atoms with van der Waals surface area (Å²) >= 11 is 0. The lowest BCUT2D eigenvalue weighted by atomic mass is 9.92. The standard InChI is InChI=1S/C25H18F3NO3/c1-15-8-5-6-13-19(15)21-20(22(30)16-9-3-2-4-10-16)23(31)24(32)29(21)18-12-7-11-17(14-18)25(26,27)28/h2-14,21,30H,1H3/b22-20+. The Labute approximate surface area is 182 Å². The summed E-state index contributed by atoms with van der Waals surface area (Å²) in [5.74, 6) is -2.35. The first-order chi connectivity index (χ1) is 15.2. The molecule has 1 aliphatic heterocycles. The number of aryl methyl sites for hydroxylation is 1.